The second-order valence-corrected chi connectivity index (χ2v) is 7.14. The lowest BCUT2D eigenvalue weighted by molar-refractivity contribution is 0.0251. The summed E-state index contributed by atoms with van der Waals surface area (Å²) < 4.78 is 5.44. The molecular formula is C16H28N2O2S. The van der Waals surface area contributed by atoms with Gasteiger partial charge in [-0.25, -0.2) is 4.79 Å². The van der Waals surface area contributed by atoms with Gasteiger partial charge < -0.3 is 15.0 Å². The fourth-order valence-electron chi connectivity index (χ4n) is 1.95. The lowest BCUT2D eigenvalue weighted by Gasteiger charge is -2.27. The summed E-state index contributed by atoms with van der Waals surface area (Å²) >= 11 is 1.75. The van der Waals surface area contributed by atoms with Gasteiger partial charge in [0.15, 0.2) is 0 Å². The first-order valence-corrected chi connectivity index (χ1v) is 8.46. The van der Waals surface area contributed by atoms with Crippen LogP contribution in [0.2, 0.25) is 0 Å². The number of nitrogens with zero attached hydrogens (tertiary/aromatic N) is 1. The fourth-order valence-corrected chi connectivity index (χ4v) is 2.70. The van der Waals surface area contributed by atoms with E-state index in [-0.39, 0.29) is 6.09 Å². The van der Waals surface area contributed by atoms with Crippen molar-refractivity contribution >= 4 is 17.4 Å². The Morgan fingerprint density at radius 3 is 2.67 bits per heavy atom. The molecule has 5 heteroatoms. The molecule has 0 aliphatic carbocycles. The number of ether oxygens (including phenoxy) is 1. The average molecular weight is 312 g/mol. The predicted molar refractivity (Wildman–Crippen MR) is 88.8 cm³/mol. The van der Waals surface area contributed by atoms with Gasteiger partial charge in [-0.05, 0) is 45.6 Å². The van der Waals surface area contributed by atoms with Crippen LogP contribution in [0.1, 0.15) is 52.0 Å². The van der Waals surface area contributed by atoms with E-state index >= 15 is 0 Å². The molecule has 1 N–H and O–H groups in total. The normalized spacial score (nSPS) is 13.0. The average Bonchev–Trinajstić information content (AvgIpc) is 2.89. The zero-order chi connectivity index (χ0) is 15.9. The molecule has 21 heavy (non-hydrogen) atoms. The third kappa shape index (κ3) is 6.96. The maximum Gasteiger partial charge on any atom is 0.410 e. The molecule has 1 heterocycles. The van der Waals surface area contributed by atoms with Crippen molar-refractivity contribution in [1.29, 1.82) is 0 Å². The summed E-state index contributed by atoms with van der Waals surface area (Å²) in [5, 5.41) is 5.53. The molecular weight excluding hydrogens is 284 g/mol. The summed E-state index contributed by atoms with van der Waals surface area (Å²) in [5.41, 5.74) is -0.444. The highest BCUT2D eigenvalue weighted by molar-refractivity contribution is 7.10. The Morgan fingerprint density at radius 1 is 1.43 bits per heavy atom. The molecule has 120 valence electrons. The number of carbonyl (C=O) groups excluding carboxylic acids is 1. The first kappa shape index (κ1) is 18.0. The van der Waals surface area contributed by atoms with Crippen LogP contribution in [-0.4, -0.2) is 36.2 Å². The molecule has 4 nitrogen and oxygen atoms in total. The largest absolute Gasteiger partial charge is 0.444 e. The second-order valence-electron chi connectivity index (χ2n) is 6.16. The Hall–Kier alpha value is -1.07. The van der Waals surface area contributed by atoms with Gasteiger partial charge in [0.1, 0.15) is 5.60 Å². The number of nitrogens with one attached hydrogen (secondary N) is 1. The molecule has 1 unspecified atom stereocenters. The van der Waals surface area contributed by atoms with Gasteiger partial charge in [-0.2, -0.15) is 0 Å². The zero-order valence-electron chi connectivity index (χ0n) is 13.8. The van der Waals surface area contributed by atoms with Crippen LogP contribution in [0, 0.1) is 0 Å². The van der Waals surface area contributed by atoms with Gasteiger partial charge in [0, 0.05) is 30.6 Å². The van der Waals surface area contributed by atoms with Crippen molar-refractivity contribution in [3.05, 3.63) is 22.4 Å². The van der Waals surface area contributed by atoms with Gasteiger partial charge in [-0.15, -0.1) is 11.3 Å². The Kier molecular flexibility index (Phi) is 7.18. The van der Waals surface area contributed by atoms with E-state index in [0.29, 0.717) is 12.6 Å². The van der Waals surface area contributed by atoms with Crippen molar-refractivity contribution in [2.75, 3.05) is 19.6 Å². The summed E-state index contributed by atoms with van der Waals surface area (Å²) in [6.07, 6.45) is 0.703. The first-order valence-electron chi connectivity index (χ1n) is 7.58. The number of carbonyl (C=O) groups is 1. The molecule has 1 rings (SSSR count). The molecule has 1 atom stereocenters. The first-order chi connectivity index (χ1) is 9.83. The van der Waals surface area contributed by atoms with E-state index in [4.69, 9.17) is 4.74 Å². The van der Waals surface area contributed by atoms with E-state index < -0.39 is 5.60 Å². The summed E-state index contributed by atoms with van der Waals surface area (Å²) in [7, 11) is 0. The fraction of sp³-hybridized carbons (Fsp3) is 0.688. The van der Waals surface area contributed by atoms with Crippen LogP contribution in [-0.2, 0) is 4.74 Å². The van der Waals surface area contributed by atoms with Crippen LogP contribution in [0.25, 0.3) is 0 Å². The molecule has 0 fully saturated rings. The van der Waals surface area contributed by atoms with E-state index in [9.17, 15) is 4.79 Å². The van der Waals surface area contributed by atoms with Crippen LogP contribution >= 0.6 is 11.3 Å². The van der Waals surface area contributed by atoms with E-state index in [1.165, 1.54) is 4.88 Å². The van der Waals surface area contributed by atoms with Crippen molar-refractivity contribution in [3.63, 3.8) is 0 Å². The van der Waals surface area contributed by atoms with Crippen LogP contribution in [0.3, 0.4) is 0 Å². The van der Waals surface area contributed by atoms with Gasteiger partial charge in [0.25, 0.3) is 0 Å². The van der Waals surface area contributed by atoms with Gasteiger partial charge in [0.2, 0.25) is 0 Å². The minimum Gasteiger partial charge on any atom is -0.444 e. The third-order valence-corrected chi connectivity index (χ3v) is 4.00. The lowest BCUT2D eigenvalue weighted by Crippen LogP contribution is -2.41. The van der Waals surface area contributed by atoms with Crippen molar-refractivity contribution in [1.82, 2.24) is 10.2 Å². The lowest BCUT2D eigenvalue weighted by atomic mass is 10.2. The Labute approximate surface area is 132 Å². The molecule has 0 saturated carbocycles. The van der Waals surface area contributed by atoms with Crippen molar-refractivity contribution in [3.8, 4) is 0 Å². The monoisotopic (exact) mass is 312 g/mol. The molecule has 1 aromatic heterocycles. The highest BCUT2D eigenvalue weighted by atomic mass is 32.1. The predicted octanol–water partition coefficient (Wildman–Crippen LogP) is 4.05. The Balaban J connectivity index is 2.42. The molecule has 1 aromatic rings. The van der Waals surface area contributed by atoms with Crippen molar-refractivity contribution < 1.29 is 9.53 Å². The molecule has 0 aliphatic heterocycles. The number of rotatable bonds is 7. The SMILES string of the molecule is CCCN(CCNC(C)c1cccs1)C(=O)OC(C)(C)C. The molecule has 0 aliphatic rings. The summed E-state index contributed by atoms with van der Waals surface area (Å²) in [6, 6.07) is 4.49. The number of thiophene rings is 1. The van der Waals surface area contributed by atoms with Gasteiger partial charge in [0.05, 0.1) is 0 Å². The smallest absolute Gasteiger partial charge is 0.410 e. The van der Waals surface area contributed by atoms with E-state index in [1.54, 1.807) is 16.2 Å². The van der Waals surface area contributed by atoms with Crippen LogP contribution < -0.4 is 5.32 Å². The quantitative estimate of drug-likeness (QED) is 0.826. The second kappa shape index (κ2) is 8.39. The van der Waals surface area contributed by atoms with E-state index in [0.717, 1.165) is 19.5 Å². The Morgan fingerprint density at radius 2 is 2.14 bits per heavy atom. The summed E-state index contributed by atoms with van der Waals surface area (Å²) in [6.45, 7) is 12.0. The molecule has 0 spiro atoms. The Bertz CT molecular complexity index is 412. The molecule has 1 amide bonds. The van der Waals surface area contributed by atoms with Crippen LogP contribution in [0.4, 0.5) is 4.79 Å². The minimum atomic E-state index is -0.444. The van der Waals surface area contributed by atoms with Crippen LogP contribution in [0.15, 0.2) is 17.5 Å². The molecule has 0 radical (unpaired) electrons. The standard InChI is InChI=1S/C16H28N2O2S/c1-6-10-18(15(19)20-16(3,4)5)11-9-17-13(2)14-8-7-12-21-14/h7-8,12-13,17H,6,9-11H2,1-5H3. The maximum absolute atomic E-state index is 12.1. The highest BCUT2D eigenvalue weighted by Gasteiger charge is 2.21. The molecule has 0 aromatic carbocycles. The summed E-state index contributed by atoms with van der Waals surface area (Å²) in [4.78, 5) is 15.2. The zero-order valence-corrected chi connectivity index (χ0v) is 14.6. The number of hydrogen-bond donors (Lipinski definition) is 1. The van der Waals surface area contributed by atoms with Crippen molar-refractivity contribution in [2.45, 2.75) is 52.7 Å². The van der Waals surface area contributed by atoms with Gasteiger partial charge in [-0.3, -0.25) is 0 Å². The summed E-state index contributed by atoms with van der Waals surface area (Å²) in [5.74, 6) is 0. The molecule has 0 saturated heterocycles. The number of hydrogen-bond acceptors (Lipinski definition) is 4. The maximum atomic E-state index is 12.1. The minimum absolute atomic E-state index is 0.227. The van der Waals surface area contributed by atoms with E-state index in [1.807, 2.05) is 20.8 Å². The number of amides is 1. The molecule has 0 bridgehead atoms. The van der Waals surface area contributed by atoms with Crippen molar-refractivity contribution in [2.24, 2.45) is 0 Å². The topological polar surface area (TPSA) is 41.6 Å². The van der Waals surface area contributed by atoms with Gasteiger partial charge >= 0.3 is 6.09 Å². The van der Waals surface area contributed by atoms with Gasteiger partial charge in [-0.1, -0.05) is 13.0 Å². The van der Waals surface area contributed by atoms with Crippen LogP contribution in [0.5, 0.6) is 0 Å². The third-order valence-electron chi connectivity index (χ3n) is 2.95. The van der Waals surface area contributed by atoms with E-state index in [2.05, 4.69) is 36.7 Å². The highest BCUT2D eigenvalue weighted by Crippen LogP contribution is 2.17.